The smallest absolute Gasteiger partial charge is 0.150 e. The van der Waals surface area contributed by atoms with E-state index in [1.54, 1.807) is 0 Å². The Balaban J connectivity index is 1.75. The lowest BCUT2D eigenvalue weighted by molar-refractivity contribution is -0.103. The number of carbonyl (C=O) groups excluding carboxylic acids is 1. The molecule has 0 fully saturated rings. The number of anilines is 1. The number of pyridine rings is 1. The van der Waals surface area contributed by atoms with Gasteiger partial charge in [0.2, 0.25) is 0 Å². The largest absolute Gasteiger partial charge is 0.378 e. The summed E-state index contributed by atoms with van der Waals surface area (Å²) in [4.78, 5) is 14.7. The van der Waals surface area contributed by atoms with Gasteiger partial charge in [-0.25, -0.2) is 0 Å². The van der Waals surface area contributed by atoms with Gasteiger partial charge in [-0.15, -0.1) is 0 Å². The number of carbonyl (C=O) groups is 1. The fourth-order valence-corrected chi connectivity index (χ4v) is 6.05. The first-order valence-corrected chi connectivity index (χ1v) is 12.7. The monoisotopic (exact) mass is 482 g/mol. The van der Waals surface area contributed by atoms with Crippen molar-refractivity contribution in [3.05, 3.63) is 137 Å². The predicted molar refractivity (Wildman–Crippen MR) is 153 cm³/mol. The van der Waals surface area contributed by atoms with Crippen LogP contribution in [-0.2, 0) is 16.6 Å². The van der Waals surface area contributed by atoms with Crippen LogP contribution in [0.4, 0.5) is 5.69 Å². The Kier molecular flexibility index (Phi) is 5.57. The van der Waals surface area contributed by atoms with Crippen molar-refractivity contribution in [2.24, 2.45) is 0 Å². The van der Waals surface area contributed by atoms with Crippen molar-refractivity contribution in [3.8, 4) is 11.1 Å². The quantitative estimate of drug-likeness (QED) is 0.250. The zero-order valence-electron chi connectivity index (χ0n) is 21.5. The molecule has 2 aromatic heterocycles. The summed E-state index contributed by atoms with van der Waals surface area (Å²) in [5.41, 5.74) is 10.8. The van der Waals surface area contributed by atoms with Gasteiger partial charge in [0.1, 0.15) is 6.29 Å². The number of nitrogens with zero attached hydrogens (tertiary/aromatic N) is 2. The van der Waals surface area contributed by atoms with Crippen molar-refractivity contribution in [2.45, 2.75) is 18.8 Å². The lowest BCUT2D eigenvalue weighted by Gasteiger charge is -2.38. The second-order valence-corrected chi connectivity index (χ2v) is 10.1. The summed E-state index contributed by atoms with van der Waals surface area (Å²) in [6, 6.07) is 34.2. The summed E-state index contributed by atoms with van der Waals surface area (Å²) in [5.74, 6) is 0. The van der Waals surface area contributed by atoms with E-state index in [1.807, 2.05) is 6.07 Å². The molecular weight excluding hydrogens is 452 g/mol. The zero-order valence-corrected chi connectivity index (χ0v) is 21.5. The highest BCUT2D eigenvalue weighted by Crippen LogP contribution is 2.49. The Hall–Kier alpha value is -4.37. The number of aldehydes is 1. The van der Waals surface area contributed by atoms with Gasteiger partial charge in [0.15, 0.2) is 0 Å². The highest BCUT2D eigenvalue weighted by molar-refractivity contribution is 6.09. The van der Waals surface area contributed by atoms with Crippen LogP contribution in [0.1, 0.15) is 27.9 Å². The van der Waals surface area contributed by atoms with Crippen molar-refractivity contribution in [1.29, 1.82) is 0 Å². The molecule has 1 aliphatic rings. The third-order valence-electron chi connectivity index (χ3n) is 7.81. The number of rotatable bonds is 5. The zero-order chi connectivity index (χ0) is 25.6. The van der Waals surface area contributed by atoms with Crippen LogP contribution in [-0.4, -0.2) is 24.8 Å². The molecule has 0 saturated carbocycles. The van der Waals surface area contributed by atoms with Crippen molar-refractivity contribution in [3.63, 3.8) is 0 Å². The molecule has 182 valence electrons. The Morgan fingerprint density at radius 1 is 0.838 bits per heavy atom. The number of benzene rings is 3. The molecule has 37 heavy (non-hydrogen) atoms. The summed E-state index contributed by atoms with van der Waals surface area (Å²) in [5, 5.41) is 0. The average Bonchev–Trinajstić information content (AvgIpc) is 3.25. The van der Waals surface area contributed by atoms with Gasteiger partial charge in [0.05, 0.1) is 5.41 Å². The lowest BCUT2D eigenvalue weighted by atomic mass is 9.66. The van der Waals surface area contributed by atoms with E-state index in [4.69, 9.17) is 0 Å². The molecule has 1 unspecified atom stereocenters. The molecule has 0 N–H and O–H groups in total. The fraction of sp³-hybridized carbons (Fsp3) is 0.147. The molecule has 0 saturated heterocycles. The molecule has 0 aliphatic heterocycles. The van der Waals surface area contributed by atoms with Crippen LogP contribution in [0.15, 0.2) is 109 Å². The molecule has 0 amide bonds. The van der Waals surface area contributed by atoms with Crippen LogP contribution in [0.5, 0.6) is 0 Å². The minimum atomic E-state index is -0.543. The van der Waals surface area contributed by atoms with Gasteiger partial charge in [0.25, 0.3) is 0 Å². The number of hydrogen-bond donors (Lipinski definition) is 0. The van der Waals surface area contributed by atoms with E-state index in [2.05, 4.69) is 134 Å². The van der Waals surface area contributed by atoms with Crippen molar-refractivity contribution >= 4 is 23.1 Å². The first kappa shape index (κ1) is 23.1. The van der Waals surface area contributed by atoms with E-state index in [1.165, 1.54) is 39.0 Å². The van der Waals surface area contributed by atoms with E-state index < -0.39 is 5.41 Å². The number of aromatic nitrogens is 1. The van der Waals surface area contributed by atoms with Gasteiger partial charge >= 0.3 is 0 Å². The highest BCUT2D eigenvalue weighted by Gasteiger charge is 2.41. The molecule has 0 bridgehead atoms. The third kappa shape index (κ3) is 3.62. The number of allylic oxidation sites excluding steroid dienone is 2. The molecule has 3 nitrogen and oxygen atoms in total. The second kappa shape index (κ2) is 8.94. The van der Waals surface area contributed by atoms with Gasteiger partial charge in [-0.1, -0.05) is 78.9 Å². The SMILES string of the molecule is Cc1c(-c2ccccc2)c(C2(c3ccc(N(C)C)cc3)C=C(C=O)c3ccccc3C2)n2ccccc12. The van der Waals surface area contributed by atoms with Crippen molar-refractivity contribution in [1.82, 2.24) is 4.40 Å². The van der Waals surface area contributed by atoms with Crippen LogP contribution in [0.3, 0.4) is 0 Å². The predicted octanol–water partition coefficient (Wildman–Crippen LogP) is 7.11. The third-order valence-corrected chi connectivity index (χ3v) is 7.81. The standard InChI is InChI=1S/C34H30N2O/c1-24-31-15-9-10-20-36(31)33(32(24)25-11-5-4-6-12-25)34(28-16-18-29(19-17-28)35(2)3)21-26-13-7-8-14-30(26)27(22-34)23-37/h4-20,22-23H,21H2,1-3H3. The lowest BCUT2D eigenvalue weighted by Crippen LogP contribution is -2.34. The molecule has 0 radical (unpaired) electrons. The molecule has 3 aromatic carbocycles. The van der Waals surface area contributed by atoms with E-state index in [-0.39, 0.29) is 0 Å². The van der Waals surface area contributed by atoms with Crippen molar-refractivity contribution < 1.29 is 4.79 Å². The van der Waals surface area contributed by atoms with Crippen LogP contribution in [0.25, 0.3) is 22.2 Å². The molecule has 6 rings (SSSR count). The first-order chi connectivity index (χ1) is 18.0. The number of fused-ring (bicyclic) bond motifs is 2. The van der Waals surface area contributed by atoms with E-state index in [9.17, 15) is 4.79 Å². The highest BCUT2D eigenvalue weighted by atomic mass is 16.1. The van der Waals surface area contributed by atoms with Gasteiger partial charge in [-0.05, 0) is 65.4 Å². The topological polar surface area (TPSA) is 24.7 Å². The Morgan fingerprint density at radius 3 is 2.27 bits per heavy atom. The summed E-state index contributed by atoms with van der Waals surface area (Å²) in [7, 11) is 4.12. The summed E-state index contributed by atoms with van der Waals surface area (Å²) < 4.78 is 2.34. The van der Waals surface area contributed by atoms with Crippen molar-refractivity contribution in [2.75, 3.05) is 19.0 Å². The van der Waals surface area contributed by atoms with E-state index >= 15 is 0 Å². The average molecular weight is 483 g/mol. The van der Waals surface area contributed by atoms with Crippen LogP contribution in [0.2, 0.25) is 0 Å². The summed E-state index contributed by atoms with van der Waals surface area (Å²) in [6.07, 6.45) is 6.16. The minimum absolute atomic E-state index is 0.543. The maximum absolute atomic E-state index is 12.6. The Morgan fingerprint density at radius 2 is 1.54 bits per heavy atom. The van der Waals surface area contributed by atoms with Gasteiger partial charge in [0, 0.05) is 48.3 Å². The van der Waals surface area contributed by atoms with E-state index in [0.717, 1.165) is 29.5 Å². The normalized spacial score (nSPS) is 16.8. The van der Waals surface area contributed by atoms with Gasteiger partial charge in [-0.2, -0.15) is 0 Å². The van der Waals surface area contributed by atoms with Gasteiger partial charge < -0.3 is 9.30 Å². The molecule has 3 heteroatoms. The van der Waals surface area contributed by atoms with Crippen LogP contribution < -0.4 is 4.90 Å². The molecule has 1 aliphatic carbocycles. The fourth-order valence-electron chi connectivity index (χ4n) is 6.05. The second-order valence-electron chi connectivity index (χ2n) is 10.1. The molecule has 0 spiro atoms. The maximum atomic E-state index is 12.6. The number of aryl methyl sites for hydroxylation is 1. The molecule has 5 aromatic rings. The molecule has 2 heterocycles. The molecule has 1 atom stereocenters. The Bertz CT molecular complexity index is 1640. The van der Waals surface area contributed by atoms with E-state index in [0.29, 0.717) is 0 Å². The maximum Gasteiger partial charge on any atom is 0.150 e. The Labute approximate surface area is 218 Å². The summed E-state index contributed by atoms with van der Waals surface area (Å²) in [6.45, 7) is 2.21. The molecular formula is C34H30N2O. The summed E-state index contributed by atoms with van der Waals surface area (Å²) >= 11 is 0. The van der Waals surface area contributed by atoms with Crippen LogP contribution in [0, 0.1) is 6.92 Å². The first-order valence-electron chi connectivity index (χ1n) is 12.7. The van der Waals surface area contributed by atoms with Crippen LogP contribution >= 0.6 is 0 Å². The van der Waals surface area contributed by atoms with Gasteiger partial charge in [-0.3, -0.25) is 4.79 Å². The number of hydrogen-bond acceptors (Lipinski definition) is 2. The minimum Gasteiger partial charge on any atom is -0.378 e.